The van der Waals surface area contributed by atoms with Crippen LogP contribution in [0, 0.1) is 6.92 Å². The monoisotopic (exact) mass is 373 g/mol. The number of hydrogen-bond acceptors (Lipinski definition) is 4. The molecule has 0 bridgehead atoms. The number of azo groups is 1. The zero-order chi connectivity index (χ0) is 16.6. The van der Waals surface area contributed by atoms with Gasteiger partial charge in [0.1, 0.15) is 5.75 Å². The van der Waals surface area contributed by atoms with E-state index in [0.717, 1.165) is 15.6 Å². The van der Waals surface area contributed by atoms with E-state index in [1.165, 1.54) is 24.3 Å². The summed E-state index contributed by atoms with van der Waals surface area (Å²) in [4.78, 5) is 14.8. The van der Waals surface area contributed by atoms with Gasteiger partial charge in [-0.1, -0.05) is 15.9 Å². The molecule has 0 atom stereocenters. The lowest BCUT2D eigenvalue weighted by atomic mass is 10.1. The molecule has 1 amide bonds. The fourth-order valence-corrected chi connectivity index (χ4v) is 2.83. The first-order valence-electron chi connectivity index (χ1n) is 6.71. The van der Waals surface area contributed by atoms with Crippen molar-refractivity contribution >= 4 is 38.4 Å². The molecule has 0 saturated carbocycles. The second-order valence-corrected chi connectivity index (χ2v) is 5.94. The van der Waals surface area contributed by atoms with Crippen LogP contribution < -0.4 is 0 Å². The van der Waals surface area contributed by atoms with Gasteiger partial charge in [0, 0.05) is 15.4 Å². The highest BCUT2D eigenvalue weighted by molar-refractivity contribution is 9.10. The molecule has 0 aliphatic rings. The molecular weight excluding hydrogens is 362 g/mol. The molecule has 3 rings (SSSR count). The molecule has 2 aromatic carbocycles. The number of halogens is 1. The Labute approximate surface area is 139 Å². The zero-order valence-electron chi connectivity index (χ0n) is 12.0. The molecule has 1 heterocycles. The minimum atomic E-state index is -0.564. The van der Waals surface area contributed by atoms with Crippen molar-refractivity contribution in [3.05, 3.63) is 52.0 Å². The summed E-state index contributed by atoms with van der Waals surface area (Å²) in [5.41, 5.74) is 2.16. The van der Waals surface area contributed by atoms with Crippen molar-refractivity contribution < 1.29 is 15.0 Å². The van der Waals surface area contributed by atoms with Crippen molar-refractivity contribution in [2.24, 2.45) is 10.2 Å². The van der Waals surface area contributed by atoms with Gasteiger partial charge in [0.25, 0.3) is 5.91 Å². The maximum absolute atomic E-state index is 12.0. The number of nitrogens with one attached hydrogen (secondary N) is 1. The molecule has 0 fully saturated rings. The number of phenolic OH excluding ortho intramolecular Hbond substituents is 1. The summed E-state index contributed by atoms with van der Waals surface area (Å²) >= 11 is 3.39. The molecule has 7 heteroatoms. The van der Waals surface area contributed by atoms with E-state index in [4.69, 9.17) is 0 Å². The lowest BCUT2D eigenvalue weighted by Gasteiger charge is -1.98. The van der Waals surface area contributed by atoms with E-state index in [-0.39, 0.29) is 17.3 Å². The van der Waals surface area contributed by atoms with Crippen molar-refractivity contribution in [1.82, 2.24) is 4.98 Å². The van der Waals surface area contributed by atoms with Crippen LogP contribution in [0.5, 0.6) is 11.6 Å². The lowest BCUT2D eigenvalue weighted by Crippen LogP contribution is -1.92. The SMILES string of the molecule is Cc1cc(Br)cc2c(N=NC(=O)c3ccc(O)cc3)c(O)[nH]c12. The molecular formula is C16H12BrN3O3. The predicted molar refractivity (Wildman–Crippen MR) is 89.4 cm³/mol. The average Bonchev–Trinajstić information content (AvgIpc) is 2.82. The topological polar surface area (TPSA) is 98.0 Å². The largest absolute Gasteiger partial charge is 0.508 e. The number of hydrogen-bond donors (Lipinski definition) is 3. The molecule has 0 radical (unpaired) electrons. The minimum Gasteiger partial charge on any atom is -0.508 e. The van der Waals surface area contributed by atoms with Gasteiger partial charge in [-0.3, -0.25) is 4.79 Å². The van der Waals surface area contributed by atoms with Gasteiger partial charge < -0.3 is 15.2 Å². The van der Waals surface area contributed by atoms with Crippen LogP contribution in [0.3, 0.4) is 0 Å². The van der Waals surface area contributed by atoms with Gasteiger partial charge in [0.05, 0.1) is 5.52 Å². The normalized spacial score (nSPS) is 11.4. The Morgan fingerprint density at radius 3 is 2.57 bits per heavy atom. The third-order valence-corrected chi connectivity index (χ3v) is 3.84. The quantitative estimate of drug-likeness (QED) is 0.573. The van der Waals surface area contributed by atoms with Gasteiger partial charge in [-0.05, 0) is 48.9 Å². The number of fused-ring (bicyclic) bond motifs is 1. The number of H-pyrrole nitrogens is 1. The van der Waals surface area contributed by atoms with Gasteiger partial charge in [-0.25, -0.2) is 0 Å². The van der Waals surface area contributed by atoms with Gasteiger partial charge in [-0.15, -0.1) is 10.2 Å². The first kappa shape index (κ1) is 15.2. The van der Waals surface area contributed by atoms with Gasteiger partial charge in [0.15, 0.2) is 5.69 Å². The Morgan fingerprint density at radius 1 is 1.17 bits per heavy atom. The van der Waals surface area contributed by atoms with Crippen LogP contribution in [-0.2, 0) is 0 Å². The fourth-order valence-electron chi connectivity index (χ4n) is 2.26. The fraction of sp³-hybridized carbons (Fsp3) is 0.0625. The lowest BCUT2D eigenvalue weighted by molar-refractivity contribution is 0.0995. The van der Waals surface area contributed by atoms with E-state index in [9.17, 15) is 15.0 Å². The molecule has 0 saturated heterocycles. The summed E-state index contributed by atoms with van der Waals surface area (Å²) in [7, 11) is 0. The van der Waals surface area contributed by atoms with E-state index in [1.54, 1.807) is 6.07 Å². The first-order valence-corrected chi connectivity index (χ1v) is 7.51. The summed E-state index contributed by atoms with van der Waals surface area (Å²) in [6.45, 7) is 1.89. The second-order valence-electron chi connectivity index (χ2n) is 5.02. The highest BCUT2D eigenvalue weighted by Gasteiger charge is 2.14. The Hall–Kier alpha value is -2.67. The number of aryl methyl sites for hydroxylation is 1. The zero-order valence-corrected chi connectivity index (χ0v) is 13.6. The Bertz CT molecular complexity index is 930. The Morgan fingerprint density at radius 2 is 1.87 bits per heavy atom. The number of carbonyl (C=O) groups is 1. The van der Waals surface area contributed by atoms with Gasteiger partial charge >= 0.3 is 0 Å². The number of aromatic nitrogens is 1. The molecule has 0 aliphatic carbocycles. The maximum Gasteiger partial charge on any atom is 0.295 e. The molecule has 3 aromatic rings. The van der Waals surface area contributed by atoms with Crippen LogP contribution >= 0.6 is 15.9 Å². The Balaban J connectivity index is 1.99. The standard InChI is InChI=1S/C16H12BrN3O3/c1-8-6-10(17)7-12-13(8)18-16(23)14(12)19-20-15(22)9-2-4-11(21)5-3-9/h2-7,18,21,23H,1H3. The smallest absolute Gasteiger partial charge is 0.295 e. The van der Waals surface area contributed by atoms with E-state index in [1.807, 2.05) is 13.0 Å². The van der Waals surface area contributed by atoms with Gasteiger partial charge in [0.2, 0.25) is 5.88 Å². The van der Waals surface area contributed by atoms with Crippen molar-refractivity contribution in [1.29, 1.82) is 0 Å². The molecule has 0 unspecified atom stereocenters. The summed E-state index contributed by atoms with van der Waals surface area (Å²) in [6, 6.07) is 9.39. The predicted octanol–water partition coefficient (Wildman–Crippen LogP) is 4.57. The maximum atomic E-state index is 12.0. The number of amides is 1. The average molecular weight is 374 g/mol. The van der Waals surface area contributed by atoms with E-state index < -0.39 is 5.91 Å². The highest BCUT2D eigenvalue weighted by atomic mass is 79.9. The summed E-state index contributed by atoms with van der Waals surface area (Å²) in [5, 5.41) is 27.4. The van der Waals surface area contributed by atoms with Crippen molar-refractivity contribution in [2.45, 2.75) is 6.92 Å². The number of phenols is 1. The number of nitrogens with zero attached hydrogens (tertiary/aromatic N) is 2. The van der Waals surface area contributed by atoms with E-state index in [0.29, 0.717) is 10.9 Å². The molecule has 6 nitrogen and oxygen atoms in total. The van der Waals surface area contributed by atoms with E-state index in [2.05, 4.69) is 31.1 Å². The molecule has 116 valence electrons. The third kappa shape index (κ3) is 2.95. The number of aromatic hydroxyl groups is 2. The first-order chi connectivity index (χ1) is 11.0. The number of benzene rings is 2. The van der Waals surface area contributed by atoms with Crippen molar-refractivity contribution in [3.8, 4) is 11.6 Å². The summed E-state index contributed by atoms with van der Waals surface area (Å²) in [5.74, 6) is -0.651. The number of aromatic amines is 1. The summed E-state index contributed by atoms with van der Waals surface area (Å²) in [6.07, 6.45) is 0. The van der Waals surface area contributed by atoms with Crippen molar-refractivity contribution in [2.75, 3.05) is 0 Å². The van der Waals surface area contributed by atoms with Gasteiger partial charge in [-0.2, -0.15) is 0 Å². The van der Waals surface area contributed by atoms with Crippen LogP contribution in [0.1, 0.15) is 15.9 Å². The third-order valence-electron chi connectivity index (χ3n) is 3.38. The van der Waals surface area contributed by atoms with Crippen LogP contribution in [-0.4, -0.2) is 21.1 Å². The van der Waals surface area contributed by atoms with Crippen LogP contribution in [0.25, 0.3) is 10.9 Å². The molecule has 0 aliphatic heterocycles. The second kappa shape index (κ2) is 5.85. The molecule has 1 aromatic heterocycles. The van der Waals surface area contributed by atoms with Crippen molar-refractivity contribution in [3.63, 3.8) is 0 Å². The Kier molecular flexibility index (Phi) is 3.87. The van der Waals surface area contributed by atoms with Crippen LogP contribution in [0.15, 0.2) is 51.1 Å². The number of rotatable bonds is 2. The molecule has 0 spiro atoms. The van der Waals surface area contributed by atoms with Crippen LogP contribution in [0.4, 0.5) is 5.69 Å². The minimum absolute atomic E-state index is 0.0630. The molecule has 23 heavy (non-hydrogen) atoms. The number of carbonyl (C=O) groups excluding carboxylic acids is 1. The highest BCUT2D eigenvalue weighted by Crippen LogP contribution is 2.38. The molecule has 3 N–H and O–H groups in total. The van der Waals surface area contributed by atoms with Crippen LogP contribution in [0.2, 0.25) is 0 Å². The summed E-state index contributed by atoms with van der Waals surface area (Å²) < 4.78 is 0.836. The van der Waals surface area contributed by atoms with E-state index >= 15 is 0 Å².